The fraction of sp³-hybridized carbons (Fsp3) is 0.667. The molecule has 3 heterocycles. The van der Waals surface area contributed by atoms with Gasteiger partial charge in [-0.3, -0.25) is 14.4 Å². The van der Waals surface area contributed by atoms with Gasteiger partial charge in [0.05, 0.1) is 35.8 Å². The van der Waals surface area contributed by atoms with Gasteiger partial charge in [-0.05, 0) is 63.8 Å². The molecular formula is C27H37N3O5S. The summed E-state index contributed by atoms with van der Waals surface area (Å²) < 4.78 is 4.85. The molecule has 1 aromatic carbocycles. The molecule has 3 aliphatic heterocycles. The average molecular weight is 516 g/mol. The van der Waals surface area contributed by atoms with Crippen molar-refractivity contribution in [2.24, 2.45) is 11.8 Å². The largest absolute Gasteiger partial charge is 0.494 e. The molecule has 8 nitrogen and oxygen atoms in total. The van der Waals surface area contributed by atoms with Crippen LogP contribution in [0.5, 0.6) is 5.75 Å². The molecule has 2 unspecified atom stereocenters. The van der Waals surface area contributed by atoms with Crippen LogP contribution in [0.4, 0.5) is 5.69 Å². The van der Waals surface area contributed by atoms with Crippen LogP contribution in [0.3, 0.4) is 0 Å². The van der Waals surface area contributed by atoms with Gasteiger partial charge >= 0.3 is 0 Å². The number of thioether (sulfide) groups is 1. The maximum atomic E-state index is 13.9. The molecule has 4 aliphatic rings. The molecule has 1 spiro atoms. The molecule has 0 aromatic heterocycles. The number of carbonyl (C=O) groups is 3. The smallest absolute Gasteiger partial charge is 0.244 e. The Morgan fingerprint density at radius 3 is 2.56 bits per heavy atom. The molecule has 4 fully saturated rings. The van der Waals surface area contributed by atoms with Gasteiger partial charge in [-0.15, -0.1) is 11.8 Å². The van der Waals surface area contributed by atoms with Gasteiger partial charge in [0.25, 0.3) is 0 Å². The monoisotopic (exact) mass is 515 g/mol. The van der Waals surface area contributed by atoms with Crippen molar-refractivity contribution < 1.29 is 24.2 Å². The van der Waals surface area contributed by atoms with Crippen LogP contribution in [-0.2, 0) is 14.4 Å². The SMILES string of the molecule is CCOc1ccc(NC(=O)[C@@H]2[C@@H]3CCC4(S3)C(C(=O)NC3CCCCC3)N([C@H](C)CO)C(=O)[C@H]24)cc1. The van der Waals surface area contributed by atoms with Crippen LogP contribution in [-0.4, -0.2) is 69.1 Å². The number of likely N-dealkylation sites (tertiary alicyclic amines) is 1. The van der Waals surface area contributed by atoms with Gasteiger partial charge in [-0.2, -0.15) is 0 Å². The minimum Gasteiger partial charge on any atom is -0.494 e. The lowest BCUT2D eigenvalue weighted by Gasteiger charge is -2.37. The number of rotatable bonds is 8. The number of ether oxygens (including phenoxy) is 1. The number of hydrogen-bond acceptors (Lipinski definition) is 6. The van der Waals surface area contributed by atoms with Crippen molar-refractivity contribution in [2.75, 3.05) is 18.5 Å². The lowest BCUT2D eigenvalue weighted by atomic mass is 9.70. The number of aliphatic hydroxyl groups is 1. The first-order chi connectivity index (χ1) is 17.4. The Bertz CT molecular complexity index is 998. The highest BCUT2D eigenvalue weighted by atomic mass is 32.2. The number of aliphatic hydroxyl groups excluding tert-OH is 1. The van der Waals surface area contributed by atoms with Crippen LogP contribution in [0.15, 0.2) is 24.3 Å². The summed E-state index contributed by atoms with van der Waals surface area (Å²) in [5.74, 6) is -0.831. The van der Waals surface area contributed by atoms with E-state index in [4.69, 9.17) is 4.74 Å². The third kappa shape index (κ3) is 4.28. The number of fused-ring (bicyclic) bond motifs is 1. The molecule has 3 saturated heterocycles. The number of nitrogens with zero attached hydrogens (tertiary/aromatic N) is 1. The van der Waals surface area contributed by atoms with E-state index in [9.17, 15) is 19.5 Å². The fourth-order valence-electron chi connectivity index (χ4n) is 6.81. The maximum absolute atomic E-state index is 13.9. The quantitative estimate of drug-likeness (QED) is 0.491. The van der Waals surface area contributed by atoms with Crippen molar-refractivity contribution in [1.82, 2.24) is 10.2 Å². The second-order valence-corrected chi connectivity index (χ2v) is 12.2. The van der Waals surface area contributed by atoms with Gasteiger partial charge in [-0.25, -0.2) is 0 Å². The Morgan fingerprint density at radius 2 is 1.89 bits per heavy atom. The number of hydrogen-bond donors (Lipinski definition) is 3. The number of amides is 3. The highest BCUT2D eigenvalue weighted by molar-refractivity contribution is 8.02. The molecule has 9 heteroatoms. The van der Waals surface area contributed by atoms with Gasteiger partial charge in [0, 0.05) is 17.0 Å². The summed E-state index contributed by atoms with van der Waals surface area (Å²) in [5, 5.41) is 16.2. The zero-order valence-corrected chi connectivity index (χ0v) is 21.9. The number of benzene rings is 1. The standard InChI is InChI=1S/C27H37N3O5S/c1-3-35-19-11-9-18(10-12-19)28-24(32)21-20-13-14-27(36-20)22(21)26(34)30(16(2)15-31)23(27)25(33)29-17-7-5-4-6-8-17/h9-12,16-17,20-23,31H,3-8,13-15H2,1-2H3,(H,28,32)(H,29,33)/t16-,20+,21-,22+,23?,27?/m1/s1. The lowest BCUT2D eigenvalue weighted by molar-refractivity contribution is -0.141. The van der Waals surface area contributed by atoms with Crippen LogP contribution < -0.4 is 15.4 Å². The third-order valence-electron chi connectivity index (χ3n) is 8.41. The molecule has 196 valence electrons. The van der Waals surface area contributed by atoms with E-state index in [0.29, 0.717) is 12.3 Å². The summed E-state index contributed by atoms with van der Waals surface area (Å²) in [5.41, 5.74) is 0.655. The molecule has 1 aromatic rings. The summed E-state index contributed by atoms with van der Waals surface area (Å²) in [4.78, 5) is 42.8. The Hall–Kier alpha value is -2.26. The van der Waals surface area contributed by atoms with Gasteiger partial charge in [-0.1, -0.05) is 19.3 Å². The third-order valence-corrected chi connectivity index (χ3v) is 10.4. The van der Waals surface area contributed by atoms with Crippen LogP contribution >= 0.6 is 11.8 Å². The van der Waals surface area contributed by atoms with Crippen LogP contribution in [0.25, 0.3) is 0 Å². The highest BCUT2D eigenvalue weighted by Gasteiger charge is 2.74. The highest BCUT2D eigenvalue weighted by Crippen LogP contribution is 2.66. The predicted octanol–water partition coefficient (Wildman–Crippen LogP) is 2.94. The molecule has 6 atom stereocenters. The first-order valence-electron chi connectivity index (χ1n) is 13.3. The second-order valence-electron chi connectivity index (χ2n) is 10.6. The van der Waals surface area contributed by atoms with E-state index < -0.39 is 28.7 Å². The molecule has 0 radical (unpaired) electrons. The van der Waals surface area contributed by atoms with Gasteiger partial charge in [0.15, 0.2) is 0 Å². The molecular weight excluding hydrogens is 478 g/mol. The van der Waals surface area contributed by atoms with Crippen molar-refractivity contribution >= 4 is 35.2 Å². The molecule has 3 N–H and O–H groups in total. The molecule has 1 aliphatic carbocycles. The molecule has 2 bridgehead atoms. The van der Waals surface area contributed by atoms with Crippen LogP contribution in [0, 0.1) is 11.8 Å². The maximum Gasteiger partial charge on any atom is 0.244 e. The number of nitrogens with one attached hydrogen (secondary N) is 2. The van der Waals surface area contributed by atoms with Crippen LogP contribution in [0.2, 0.25) is 0 Å². The van der Waals surface area contributed by atoms with Crippen molar-refractivity contribution in [3.05, 3.63) is 24.3 Å². The Kier molecular flexibility index (Phi) is 7.23. The number of anilines is 1. The number of carbonyl (C=O) groups excluding carboxylic acids is 3. The Labute approximate surface area is 216 Å². The van der Waals surface area contributed by atoms with Gasteiger partial charge in [0.2, 0.25) is 17.7 Å². The van der Waals surface area contributed by atoms with Crippen molar-refractivity contribution in [2.45, 2.75) is 86.9 Å². The zero-order chi connectivity index (χ0) is 25.4. The van der Waals surface area contributed by atoms with E-state index in [-0.39, 0.29) is 35.6 Å². The zero-order valence-electron chi connectivity index (χ0n) is 21.1. The Balaban J connectivity index is 1.40. The molecule has 36 heavy (non-hydrogen) atoms. The fourth-order valence-corrected chi connectivity index (χ4v) is 9.01. The van der Waals surface area contributed by atoms with Gasteiger partial charge < -0.3 is 25.4 Å². The van der Waals surface area contributed by atoms with E-state index >= 15 is 0 Å². The van der Waals surface area contributed by atoms with Gasteiger partial charge in [0.1, 0.15) is 11.8 Å². The van der Waals surface area contributed by atoms with Crippen molar-refractivity contribution in [3.63, 3.8) is 0 Å². The molecule has 3 amide bonds. The normalized spacial score (nSPS) is 32.3. The van der Waals surface area contributed by atoms with E-state index in [0.717, 1.165) is 44.3 Å². The van der Waals surface area contributed by atoms with E-state index in [1.807, 2.05) is 19.1 Å². The molecule has 1 saturated carbocycles. The van der Waals surface area contributed by atoms with E-state index in [1.165, 1.54) is 6.42 Å². The van der Waals surface area contributed by atoms with Crippen molar-refractivity contribution in [3.8, 4) is 5.75 Å². The average Bonchev–Trinajstić information content (AvgIpc) is 3.53. The first kappa shape index (κ1) is 25.4. The summed E-state index contributed by atoms with van der Waals surface area (Å²) in [6.07, 6.45) is 6.83. The predicted molar refractivity (Wildman–Crippen MR) is 139 cm³/mol. The lowest BCUT2D eigenvalue weighted by Crippen LogP contribution is -2.57. The van der Waals surface area contributed by atoms with Crippen LogP contribution in [0.1, 0.15) is 58.8 Å². The summed E-state index contributed by atoms with van der Waals surface area (Å²) >= 11 is 1.65. The minimum absolute atomic E-state index is 0.00166. The summed E-state index contributed by atoms with van der Waals surface area (Å²) in [6, 6.07) is 6.20. The second kappa shape index (κ2) is 10.2. The van der Waals surface area contributed by atoms with E-state index in [1.54, 1.807) is 35.7 Å². The minimum atomic E-state index is -0.669. The topological polar surface area (TPSA) is 108 Å². The van der Waals surface area contributed by atoms with Crippen molar-refractivity contribution in [1.29, 1.82) is 0 Å². The summed E-state index contributed by atoms with van der Waals surface area (Å²) in [6.45, 7) is 4.04. The summed E-state index contributed by atoms with van der Waals surface area (Å²) in [7, 11) is 0. The Morgan fingerprint density at radius 1 is 1.17 bits per heavy atom. The first-order valence-corrected chi connectivity index (χ1v) is 14.2. The van der Waals surface area contributed by atoms with E-state index in [2.05, 4.69) is 10.6 Å². The molecule has 5 rings (SSSR count).